The summed E-state index contributed by atoms with van der Waals surface area (Å²) in [5.41, 5.74) is 6.67. The van der Waals surface area contributed by atoms with Crippen molar-refractivity contribution in [3.8, 4) is 5.75 Å². The molecule has 0 aliphatic rings. The molecule has 2 rings (SSSR count). The molecule has 3 nitrogen and oxygen atoms in total. The summed E-state index contributed by atoms with van der Waals surface area (Å²) in [6.07, 6.45) is 2.99. The molecule has 0 saturated heterocycles. The van der Waals surface area contributed by atoms with Crippen LogP contribution in [0.1, 0.15) is 96.0 Å². The van der Waals surface area contributed by atoms with Crippen LogP contribution in [-0.4, -0.2) is 34.1 Å². The SMILES string of the molecule is CCC(CC)(c1ccc(CCSC(C)(C)C)c(C)c1)c1ccc(OC[C@H](C)OC(C)(C)O)c(C)c1. The van der Waals surface area contributed by atoms with Gasteiger partial charge in [0.25, 0.3) is 0 Å². The maximum atomic E-state index is 9.86. The highest BCUT2D eigenvalue weighted by Crippen LogP contribution is 2.41. The number of thioether (sulfide) groups is 1. The lowest BCUT2D eigenvalue weighted by Crippen LogP contribution is -2.32. The molecule has 0 spiro atoms. The van der Waals surface area contributed by atoms with Gasteiger partial charge in [-0.05, 0) is 93.5 Å². The molecule has 0 fully saturated rings. The van der Waals surface area contributed by atoms with Gasteiger partial charge in [0.05, 0.1) is 6.10 Å². The lowest BCUT2D eigenvalue weighted by atomic mass is 9.70. The van der Waals surface area contributed by atoms with E-state index >= 15 is 0 Å². The third kappa shape index (κ3) is 8.55. The first kappa shape index (κ1) is 29.7. The van der Waals surface area contributed by atoms with Crippen molar-refractivity contribution in [3.63, 3.8) is 0 Å². The van der Waals surface area contributed by atoms with Gasteiger partial charge in [-0.3, -0.25) is 0 Å². The van der Waals surface area contributed by atoms with Gasteiger partial charge in [-0.25, -0.2) is 0 Å². The van der Waals surface area contributed by atoms with Gasteiger partial charge in [0, 0.05) is 10.2 Å². The Labute approximate surface area is 219 Å². The predicted octanol–water partition coefficient (Wildman–Crippen LogP) is 8.00. The molecule has 4 heteroatoms. The van der Waals surface area contributed by atoms with E-state index in [0.717, 1.165) is 36.3 Å². The number of ether oxygens (including phenoxy) is 2. The number of aliphatic hydroxyl groups is 1. The highest BCUT2D eigenvalue weighted by Gasteiger charge is 2.31. The van der Waals surface area contributed by atoms with E-state index in [1.807, 2.05) is 18.7 Å². The summed E-state index contributed by atoms with van der Waals surface area (Å²) in [5.74, 6) is 0.850. The minimum Gasteiger partial charge on any atom is -0.491 e. The van der Waals surface area contributed by atoms with Gasteiger partial charge < -0.3 is 14.6 Å². The van der Waals surface area contributed by atoms with Crippen LogP contribution in [0.15, 0.2) is 36.4 Å². The maximum Gasteiger partial charge on any atom is 0.160 e. The zero-order chi connectivity index (χ0) is 26.4. The summed E-state index contributed by atoms with van der Waals surface area (Å²) in [5, 5.41) is 9.86. The second-order valence-electron chi connectivity index (χ2n) is 11.3. The Morgan fingerprint density at radius 3 is 1.94 bits per heavy atom. The van der Waals surface area contributed by atoms with E-state index in [4.69, 9.17) is 9.47 Å². The molecule has 0 saturated carbocycles. The lowest BCUT2D eigenvalue weighted by Gasteiger charge is -2.34. The van der Waals surface area contributed by atoms with Crippen LogP contribution in [-0.2, 0) is 16.6 Å². The van der Waals surface area contributed by atoms with Gasteiger partial charge >= 0.3 is 0 Å². The quantitative estimate of drug-likeness (QED) is 0.300. The minimum atomic E-state index is -1.16. The van der Waals surface area contributed by atoms with Crippen LogP contribution in [0.2, 0.25) is 0 Å². The van der Waals surface area contributed by atoms with Crippen molar-refractivity contribution in [1.29, 1.82) is 0 Å². The summed E-state index contributed by atoms with van der Waals surface area (Å²) in [7, 11) is 0. The first-order chi connectivity index (χ1) is 16.2. The Morgan fingerprint density at radius 2 is 1.46 bits per heavy atom. The van der Waals surface area contributed by atoms with Crippen molar-refractivity contribution >= 4 is 11.8 Å². The first-order valence-electron chi connectivity index (χ1n) is 13.1. The van der Waals surface area contributed by atoms with Gasteiger partial charge in [-0.15, -0.1) is 0 Å². The molecule has 1 atom stereocenters. The number of aryl methyl sites for hydroxylation is 3. The number of hydrogen-bond donors (Lipinski definition) is 1. The molecular formula is C31H48O3S. The summed E-state index contributed by atoms with van der Waals surface area (Å²) < 4.78 is 11.9. The van der Waals surface area contributed by atoms with E-state index in [0.29, 0.717) is 11.4 Å². The van der Waals surface area contributed by atoms with E-state index < -0.39 is 5.79 Å². The maximum absolute atomic E-state index is 9.86. The third-order valence-electron chi connectivity index (χ3n) is 6.70. The van der Waals surface area contributed by atoms with Gasteiger partial charge in [0.2, 0.25) is 0 Å². The molecule has 0 aliphatic heterocycles. The van der Waals surface area contributed by atoms with E-state index in [2.05, 4.69) is 84.9 Å². The summed E-state index contributed by atoms with van der Waals surface area (Å²) >= 11 is 2.03. The average molecular weight is 501 g/mol. The zero-order valence-corrected chi connectivity index (χ0v) is 24.6. The summed E-state index contributed by atoms with van der Waals surface area (Å²) in [6.45, 7) is 21.4. The second kappa shape index (κ2) is 12.2. The van der Waals surface area contributed by atoms with Crippen molar-refractivity contribution < 1.29 is 14.6 Å². The molecule has 0 radical (unpaired) electrons. The van der Waals surface area contributed by atoms with Crippen molar-refractivity contribution in [2.75, 3.05) is 12.4 Å². The van der Waals surface area contributed by atoms with Crippen LogP contribution in [0.25, 0.3) is 0 Å². The first-order valence-corrected chi connectivity index (χ1v) is 14.1. The van der Waals surface area contributed by atoms with Gasteiger partial charge in [-0.2, -0.15) is 11.8 Å². The van der Waals surface area contributed by atoms with E-state index in [-0.39, 0.29) is 11.5 Å². The Hall–Kier alpha value is -1.49. The molecule has 0 unspecified atom stereocenters. The lowest BCUT2D eigenvalue weighted by molar-refractivity contribution is -0.206. The second-order valence-corrected chi connectivity index (χ2v) is 13.2. The molecule has 196 valence electrons. The van der Waals surface area contributed by atoms with Crippen LogP contribution >= 0.6 is 11.8 Å². The third-order valence-corrected chi connectivity index (χ3v) is 7.97. The molecule has 2 aromatic rings. The van der Waals surface area contributed by atoms with Crippen molar-refractivity contribution in [2.24, 2.45) is 0 Å². The van der Waals surface area contributed by atoms with Gasteiger partial charge in [0.1, 0.15) is 12.4 Å². The fourth-order valence-electron chi connectivity index (χ4n) is 4.82. The molecule has 35 heavy (non-hydrogen) atoms. The molecule has 0 aromatic heterocycles. The largest absolute Gasteiger partial charge is 0.491 e. The van der Waals surface area contributed by atoms with Crippen LogP contribution in [0.3, 0.4) is 0 Å². The molecular weight excluding hydrogens is 452 g/mol. The molecule has 0 bridgehead atoms. The van der Waals surface area contributed by atoms with Crippen molar-refractivity contribution in [2.45, 2.75) is 111 Å². The Balaban J connectivity index is 2.24. The fraction of sp³-hybridized carbons (Fsp3) is 0.613. The summed E-state index contributed by atoms with van der Waals surface area (Å²) in [4.78, 5) is 0. The van der Waals surface area contributed by atoms with Gasteiger partial charge in [0.15, 0.2) is 5.79 Å². The minimum absolute atomic E-state index is 0.0238. The number of hydrogen-bond acceptors (Lipinski definition) is 4. The van der Waals surface area contributed by atoms with E-state index in [1.54, 1.807) is 13.8 Å². The highest BCUT2D eigenvalue weighted by atomic mass is 32.2. The van der Waals surface area contributed by atoms with E-state index in [1.165, 1.54) is 22.3 Å². The Kier molecular flexibility index (Phi) is 10.3. The smallest absolute Gasteiger partial charge is 0.160 e. The average Bonchev–Trinajstić information content (AvgIpc) is 2.74. The fourth-order valence-corrected chi connectivity index (χ4v) is 5.75. The van der Waals surface area contributed by atoms with E-state index in [9.17, 15) is 5.11 Å². The zero-order valence-electron chi connectivity index (χ0n) is 23.7. The normalized spacial score (nSPS) is 13.7. The molecule has 2 aromatic carbocycles. The number of benzene rings is 2. The van der Waals surface area contributed by atoms with Crippen LogP contribution in [0.4, 0.5) is 0 Å². The standard InChI is InChI=1S/C31H48O3S/c1-11-31(12-2,26-14-13-25(22(3)19-26)17-18-35-29(6,7)8)27-15-16-28(23(4)20-27)33-21-24(5)34-30(9,10)32/h13-16,19-20,24,32H,11-12,17-18,21H2,1-10H3/t24-/m0/s1. The van der Waals surface area contributed by atoms with Gasteiger partial charge in [-0.1, -0.05) is 65.0 Å². The Bertz CT molecular complexity index is 949. The van der Waals surface area contributed by atoms with Crippen LogP contribution in [0.5, 0.6) is 5.75 Å². The monoisotopic (exact) mass is 500 g/mol. The predicted molar refractivity (Wildman–Crippen MR) is 152 cm³/mol. The number of rotatable bonds is 12. The van der Waals surface area contributed by atoms with Crippen molar-refractivity contribution in [1.82, 2.24) is 0 Å². The molecule has 0 amide bonds. The van der Waals surface area contributed by atoms with Crippen molar-refractivity contribution in [3.05, 3.63) is 64.2 Å². The topological polar surface area (TPSA) is 38.7 Å². The highest BCUT2D eigenvalue weighted by molar-refractivity contribution is 8.00. The molecule has 1 N–H and O–H groups in total. The molecule has 0 aliphatic carbocycles. The summed E-state index contributed by atoms with van der Waals surface area (Å²) in [6, 6.07) is 13.7. The van der Waals surface area contributed by atoms with Crippen LogP contribution < -0.4 is 4.74 Å². The van der Waals surface area contributed by atoms with Crippen LogP contribution in [0, 0.1) is 13.8 Å². The molecule has 0 heterocycles. The Morgan fingerprint density at radius 1 is 0.886 bits per heavy atom.